The third kappa shape index (κ3) is 4.70. The Morgan fingerprint density at radius 1 is 0.909 bits per heavy atom. The molecule has 168 valence electrons. The van der Waals surface area contributed by atoms with Gasteiger partial charge in [0, 0.05) is 48.9 Å². The molecule has 0 spiro atoms. The van der Waals surface area contributed by atoms with Crippen molar-refractivity contribution in [2.45, 2.75) is 20.4 Å². The average Bonchev–Trinajstić information content (AvgIpc) is 3.49. The van der Waals surface area contributed by atoms with E-state index >= 15 is 0 Å². The highest BCUT2D eigenvalue weighted by atomic mass is 16.5. The zero-order valence-corrected chi connectivity index (χ0v) is 18.7. The largest absolute Gasteiger partial charge is 0.416 e. The second kappa shape index (κ2) is 8.99. The molecule has 0 aliphatic carbocycles. The summed E-state index contributed by atoms with van der Waals surface area (Å²) in [6.45, 7) is 7.60. The maximum Gasteiger partial charge on any atom is 0.253 e. The molecule has 0 radical (unpaired) electrons. The van der Waals surface area contributed by atoms with Crippen LogP contribution in [0.2, 0.25) is 0 Å². The Kier molecular flexibility index (Phi) is 5.75. The number of carbonyl (C=O) groups excluding carboxylic acids is 1. The molecule has 0 saturated carbocycles. The molecule has 0 bridgehead atoms. The second-order valence-corrected chi connectivity index (χ2v) is 8.36. The average molecular weight is 444 g/mol. The number of hydrogen-bond acceptors (Lipinski definition) is 7. The molecule has 2 aromatic carbocycles. The molecule has 3 heterocycles. The van der Waals surface area contributed by atoms with Gasteiger partial charge in [-0.2, -0.15) is 0 Å². The fraction of sp³-hybridized carbons (Fsp3) is 0.280. The summed E-state index contributed by atoms with van der Waals surface area (Å²) >= 11 is 0. The molecule has 1 aliphatic rings. The molecule has 0 N–H and O–H groups in total. The van der Waals surface area contributed by atoms with Gasteiger partial charge in [-0.1, -0.05) is 22.9 Å². The van der Waals surface area contributed by atoms with Gasteiger partial charge in [-0.3, -0.25) is 9.69 Å². The van der Waals surface area contributed by atoms with Crippen molar-refractivity contribution in [2.24, 2.45) is 0 Å². The van der Waals surface area contributed by atoms with Crippen LogP contribution in [0.1, 0.15) is 27.4 Å². The Balaban J connectivity index is 1.21. The smallest absolute Gasteiger partial charge is 0.253 e. The first-order chi connectivity index (χ1) is 16.0. The van der Waals surface area contributed by atoms with E-state index < -0.39 is 0 Å². The molecule has 1 aliphatic heterocycles. The molecule has 0 atom stereocenters. The summed E-state index contributed by atoms with van der Waals surface area (Å²) in [7, 11) is 0. The molecule has 1 fully saturated rings. The lowest BCUT2D eigenvalue weighted by Gasteiger charge is -2.34. The van der Waals surface area contributed by atoms with E-state index in [1.54, 1.807) is 0 Å². The van der Waals surface area contributed by atoms with Crippen LogP contribution in [0.25, 0.3) is 22.9 Å². The van der Waals surface area contributed by atoms with Crippen LogP contribution in [0.4, 0.5) is 0 Å². The quantitative estimate of drug-likeness (QED) is 0.461. The molecule has 1 amide bonds. The first-order valence-corrected chi connectivity index (χ1v) is 11.0. The lowest BCUT2D eigenvalue weighted by atomic mass is 10.1. The third-order valence-electron chi connectivity index (χ3n) is 5.78. The molecule has 8 heteroatoms. The molecule has 1 saturated heterocycles. The van der Waals surface area contributed by atoms with Crippen molar-refractivity contribution in [3.8, 4) is 22.9 Å². The van der Waals surface area contributed by atoms with Crippen LogP contribution >= 0.6 is 0 Å². The predicted octanol–water partition coefficient (Wildman–Crippen LogP) is 3.97. The van der Waals surface area contributed by atoms with Gasteiger partial charge in [-0.15, -0.1) is 10.2 Å². The maximum absolute atomic E-state index is 13.0. The highest BCUT2D eigenvalue weighted by molar-refractivity contribution is 5.94. The standard InChI is InChI=1S/C25H25N5O3/c1-17-4-3-5-21(14-17)24-27-26-23(32-24)19-6-8-20(9-7-19)25(31)30-12-10-29(11-13-30)16-22-15-18(2)28-33-22/h3-9,14-15H,10-13,16H2,1-2H3. The minimum Gasteiger partial charge on any atom is -0.416 e. The molecule has 4 aromatic rings. The Bertz CT molecular complexity index is 1250. The third-order valence-corrected chi connectivity index (χ3v) is 5.78. The second-order valence-electron chi connectivity index (χ2n) is 8.36. The van der Waals surface area contributed by atoms with Crippen LogP contribution in [0.15, 0.2) is 63.5 Å². The van der Waals surface area contributed by atoms with Crippen LogP contribution in [0, 0.1) is 13.8 Å². The number of rotatable bonds is 5. The van der Waals surface area contributed by atoms with Gasteiger partial charge < -0.3 is 13.8 Å². The van der Waals surface area contributed by atoms with E-state index in [1.807, 2.05) is 73.3 Å². The summed E-state index contributed by atoms with van der Waals surface area (Å²) in [4.78, 5) is 17.1. The Morgan fingerprint density at radius 3 is 2.30 bits per heavy atom. The molecule has 33 heavy (non-hydrogen) atoms. The number of nitrogens with zero attached hydrogens (tertiary/aromatic N) is 5. The zero-order valence-electron chi connectivity index (χ0n) is 18.7. The lowest BCUT2D eigenvalue weighted by molar-refractivity contribution is 0.0617. The van der Waals surface area contributed by atoms with E-state index in [9.17, 15) is 4.79 Å². The molecular weight excluding hydrogens is 418 g/mol. The number of carbonyl (C=O) groups is 1. The minimum absolute atomic E-state index is 0.0303. The summed E-state index contributed by atoms with van der Waals surface area (Å²) < 4.78 is 11.2. The van der Waals surface area contributed by atoms with Gasteiger partial charge in [0.25, 0.3) is 5.91 Å². The van der Waals surface area contributed by atoms with Crippen molar-refractivity contribution in [1.29, 1.82) is 0 Å². The van der Waals surface area contributed by atoms with Gasteiger partial charge in [-0.25, -0.2) is 0 Å². The van der Waals surface area contributed by atoms with Crippen LogP contribution in [0.3, 0.4) is 0 Å². The summed E-state index contributed by atoms with van der Waals surface area (Å²) in [5.41, 5.74) is 4.33. The predicted molar refractivity (Wildman–Crippen MR) is 122 cm³/mol. The van der Waals surface area contributed by atoms with E-state index in [1.165, 1.54) is 0 Å². The summed E-state index contributed by atoms with van der Waals surface area (Å²) in [5, 5.41) is 12.3. The number of aryl methyl sites for hydroxylation is 2. The fourth-order valence-electron chi connectivity index (χ4n) is 3.99. The fourth-order valence-corrected chi connectivity index (χ4v) is 3.99. The van der Waals surface area contributed by atoms with Crippen molar-refractivity contribution in [3.63, 3.8) is 0 Å². The van der Waals surface area contributed by atoms with E-state index in [0.29, 0.717) is 37.0 Å². The van der Waals surface area contributed by atoms with Crippen molar-refractivity contribution in [2.75, 3.05) is 26.2 Å². The molecular formula is C25H25N5O3. The van der Waals surface area contributed by atoms with E-state index in [4.69, 9.17) is 8.94 Å². The number of aromatic nitrogens is 3. The van der Waals surface area contributed by atoms with Crippen molar-refractivity contribution in [3.05, 3.63) is 77.2 Å². The highest BCUT2D eigenvalue weighted by Crippen LogP contribution is 2.25. The van der Waals surface area contributed by atoms with Crippen LogP contribution in [-0.2, 0) is 6.54 Å². The minimum atomic E-state index is 0.0303. The zero-order chi connectivity index (χ0) is 22.8. The SMILES string of the molecule is Cc1cccc(-c2nnc(-c3ccc(C(=O)N4CCN(Cc5cc(C)no5)CC4)cc3)o2)c1. The Hall–Kier alpha value is -3.78. The van der Waals surface area contributed by atoms with Crippen LogP contribution in [0.5, 0.6) is 0 Å². The van der Waals surface area contributed by atoms with E-state index in [-0.39, 0.29) is 5.91 Å². The van der Waals surface area contributed by atoms with E-state index in [2.05, 4.69) is 20.3 Å². The Morgan fingerprint density at radius 2 is 1.64 bits per heavy atom. The number of amides is 1. The topological polar surface area (TPSA) is 88.5 Å². The number of piperazine rings is 1. The molecule has 0 unspecified atom stereocenters. The van der Waals surface area contributed by atoms with Gasteiger partial charge >= 0.3 is 0 Å². The lowest BCUT2D eigenvalue weighted by Crippen LogP contribution is -2.48. The normalized spacial score (nSPS) is 14.5. The molecule has 8 nitrogen and oxygen atoms in total. The van der Waals surface area contributed by atoms with Crippen molar-refractivity contribution in [1.82, 2.24) is 25.2 Å². The van der Waals surface area contributed by atoms with Gasteiger partial charge in [0.05, 0.1) is 12.2 Å². The number of hydrogen-bond donors (Lipinski definition) is 0. The first kappa shape index (κ1) is 21.1. The summed E-state index contributed by atoms with van der Waals surface area (Å²) in [5.74, 6) is 1.80. The molecule has 5 rings (SSSR count). The first-order valence-electron chi connectivity index (χ1n) is 11.0. The van der Waals surface area contributed by atoms with E-state index in [0.717, 1.165) is 41.2 Å². The van der Waals surface area contributed by atoms with Crippen molar-refractivity contribution < 1.29 is 13.7 Å². The van der Waals surface area contributed by atoms with Crippen LogP contribution < -0.4 is 0 Å². The highest BCUT2D eigenvalue weighted by Gasteiger charge is 2.23. The van der Waals surface area contributed by atoms with Gasteiger partial charge in [0.15, 0.2) is 5.76 Å². The Labute approximate surface area is 191 Å². The van der Waals surface area contributed by atoms with Gasteiger partial charge in [0.1, 0.15) is 0 Å². The maximum atomic E-state index is 13.0. The monoisotopic (exact) mass is 443 g/mol. The summed E-state index contributed by atoms with van der Waals surface area (Å²) in [6, 6.07) is 17.2. The van der Waals surface area contributed by atoms with Gasteiger partial charge in [0.2, 0.25) is 11.8 Å². The van der Waals surface area contributed by atoms with Crippen LogP contribution in [-0.4, -0.2) is 57.2 Å². The number of benzene rings is 2. The summed E-state index contributed by atoms with van der Waals surface area (Å²) in [6.07, 6.45) is 0. The van der Waals surface area contributed by atoms with Crippen molar-refractivity contribution >= 4 is 5.91 Å². The van der Waals surface area contributed by atoms with Gasteiger partial charge in [-0.05, 0) is 50.2 Å². The molecule has 2 aromatic heterocycles.